The molecular formula is C10H19NO4S. The molecule has 94 valence electrons. The van der Waals surface area contributed by atoms with Crippen molar-refractivity contribution in [1.29, 1.82) is 0 Å². The topological polar surface area (TPSA) is 82.3 Å². The molecule has 0 aromatic carbocycles. The molecule has 0 saturated carbocycles. The lowest BCUT2D eigenvalue weighted by Gasteiger charge is -2.25. The van der Waals surface area contributed by atoms with E-state index in [0.29, 0.717) is 6.54 Å². The largest absolute Gasteiger partial charge is 0.394 e. The average molecular weight is 249 g/mol. The predicted octanol–water partition coefficient (Wildman–Crippen LogP) is -0.0130. The van der Waals surface area contributed by atoms with Gasteiger partial charge < -0.3 is 20.1 Å². The molecule has 0 fully saturated rings. The van der Waals surface area contributed by atoms with E-state index >= 15 is 0 Å². The second-order valence-corrected chi connectivity index (χ2v) is 4.96. The molecule has 0 saturated heterocycles. The molecule has 0 aromatic rings. The molecule has 3 N–H and O–H groups in total. The molecule has 0 aliphatic carbocycles. The second kappa shape index (κ2) is 6.56. The van der Waals surface area contributed by atoms with E-state index in [1.54, 1.807) is 0 Å². The summed E-state index contributed by atoms with van der Waals surface area (Å²) in [5, 5.41) is 28.9. The summed E-state index contributed by atoms with van der Waals surface area (Å²) in [6, 6.07) is 0. The van der Waals surface area contributed by atoms with E-state index in [0.717, 1.165) is 11.5 Å². The Kier molecular flexibility index (Phi) is 5.71. The Morgan fingerprint density at radius 2 is 2.25 bits per heavy atom. The second-order valence-electron chi connectivity index (χ2n) is 3.72. The maximum atomic E-state index is 9.59. The summed E-state index contributed by atoms with van der Waals surface area (Å²) < 4.78 is 5.50. The quantitative estimate of drug-likeness (QED) is 0.616. The lowest BCUT2D eigenvalue weighted by atomic mass is 10.1. The van der Waals surface area contributed by atoms with Gasteiger partial charge >= 0.3 is 0 Å². The third-order valence-electron chi connectivity index (χ3n) is 2.37. The van der Waals surface area contributed by atoms with Crippen LogP contribution in [0.15, 0.2) is 4.99 Å². The van der Waals surface area contributed by atoms with Crippen molar-refractivity contribution < 1.29 is 20.1 Å². The highest BCUT2D eigenvalue weighted by molar-refractivity contribution is 8.14. The number of aliphatic hydroxyl groups is 3. The molecule has 1 aliphatic heterocycles. The summed E-state index contributed by atoms with van der Waals surface area (Å²) in [7, 11) is 0. The van der Waals surface area contributed by atoms with Gasteiger partial charge in [-0.05, 0) is 13.3 Å². The molecule has 1 heterocycles. The lowest BCUT2D eigenvalue weighted by Crippen LogP contribution is -2.41. The van der Waals surface area contributed by atoms with Crippen LogP contribution in [0.3, 0.4) is 0 Å². The minimum absolute atomic E-state index is 0.166. The Balaban J connectivity index is 2.41. The van der Waals surface area contributed by atoms with Gasteiger partial charge in [0.25, 0.3) is 0 Å². The molecule has 1 rings (SSSR count). The maximum absolute atomic E-state index is 9.59. The molecule has 16 heavy (non-hydrogen) atoms. The first-order valence-corrected chi connectivity index (χ1v) is 6.28. The number of aliphatic hydroxyl groups excluding tert-OH is 3. The van der Waals surface area contributed by atoms with Crippen molar-refractivity contribution in [3.8, 4) is 0 Å². The number of thioether (sulfide) groups is 1. The van der Waals surface area contributed by atoms with Crippen molar-refractivity contribution in [2.45, 2.75) is 44.0 Å². The van der Waals surface area contributed by atoms with Crippen molar-refractivity contribution >= 4 is 16.8 Å². The van der Waals surface area contributed by atoms with Crippen molar-refractivity contribution in [3.63, 3.8) is 0 Å². The van der Waals surface area contributed by atoms with Gasteiger partial charge in [-0.25, -0.2) is 0 Å². The van der Waals surface area contributed by atoms with Crippen LogP contribution in [-0.2, 0) is 4.74 Å². The Morgan fingerprint density at radius 3 is 2.69 bits per heavy atom. The van der Waals surface area contributed by atoms with E-state index in [2.05, 4.69) is 4.99 Å². The SMILES string of the molecule is CCC1=NCC(O[C@H](CO)[C@@H](O)[C@@H](C)O)S1. The van der Waals surface area contributed by atoms with Crippen molar-refractivity contribution in [2.24, 2.45) is 4.99 Å². The minimum Gasteiger partial charge on any atom is -0.394 e. The van der Waals surface area contributed by atoms with Gasteiger partial charge in [-0.3, -0.25) is 4.99 Å². The monoisotopic (exact) mass is 249 g/mol. The third kappa shape index (κ3) is 3.71. The summed E-state index contributed by atoms with van der Waals surface area (Å²) in [6.45, 7) is 3.70. The molecule has 0 radical (unpaired) electrons. The van der Waals surface area contributed by atoms with E-state index in [1.165, 1.54) is 18.7 Å². The highest BCUT2D eigenvalue weighted by atomic mass is 32.2. The fourth-order valence-electron chi connectivity index (χ4n) is 1.41. The number of ether oxygens (including phenoxy) is 1. The first-order valence-electron chi connectivity index (χ1n) is 5.40. The predicted molar refractivity (Wildman–Crippen MR) is 63.6 cm³/mol. The standard InChI is InChI=1S/C10H19NO4S/c1-3-8-11-4-9(16-8)15-7(5-12)10(14)6(2)13/h6-7,9-10,12-14H,3-5H2,1-2H3/t6-,7-,9?,10+/m1/s1. The lowest BCUT2D eigenvalue weighted by molar-refractivity contribution is -0.107. The third-order valence-corrected chi connectivity index (χ3v) is 3.58. The van der Waals surface area contributed by atoms with Crippen LogP contribution in [0.5, 0.6) is 0 Å². The van der Waals surface area contributed by atoms with Gasteiger partial charge in [0, 0.05) is 0 Å². The smallest absolute Gasteiger partial charge is 0.128 e. The normalized spacial score (nSPS) is 26.3. The van der Waals surface area contributed by atoms with Crippen LogP contribution in [0.1, 0.15) is 20.3 Å². The van der Waals surface area contributed by atoms with Crippen LogP contribution in [0.25, 0.3) is 0 Å². The Morgan fingerprint density at radius 1 is 1.56 bits per heavy atom. The highest BCUT2D eigenvalue weighted by Gasteiger charge is 2.29. The van der Waals surface area contributed by atoms with Crippen LogP contribution >= 0.6 is 11.8 Å². The first-order chi connectivity index (χ1) is 7.58. The molecule has 1 unspecified atom stereocenters. The summed E-state index contributed by atoms with van der Waals surface area (Å²) in [6.07, 6.45) is -1.89. The van der Waals surface area contributed by atoms with Crippen molar-refractivity contribution in [2.75, 3.05) is 13.2 Å². The van der Waals surface area contributed by atoms with Crippen LogP contribution in [0, 0.1) is 0 Å². The van der Waals surface area contributed by atoms with Gasteiger partial charge in [0.15, 0.2) is 0 Å². The Labute approximate surface area is 99.5 Å². The van der Waals surface area contributed by atoms with Gasteiger partial charge in [0.05, 0.1) is 24.3 Å². The van der Waals surface area contributed by atoms with Crippen LogP contribution in [0.2, 0.25) is 0 Å². The summed E-state index contributed by atoms with van der Waals surface area (Å²) in [4.78, 5) is 4.26. The molecule has 1 aliphatic rings. The summed E-state index contributed by atoms with van der Waals surface area (Å²) in [5.74, 6) is 0. The fourth-order valence-corrected chi connectivity index (χ4v) is 2.37. The highest BCUT2D eigenvalue weighted by Crippen LogP contribution is 2.25. The number of rotatable bonds is 6. The Bertz CT molecular complexity index is 247. The van der Waals surface area contributed by atoms with Crippen molar-refractivity contribution in [3.05, 3.63) is 0 Å². The fraction of sp³-hybridized carbons (Fsp3) is 0.900. The summed E-state index contributed by atoms with van der Waals surface area (Å²) in [5.41, 5.74) is -0.166. The first kappa shape index (κ1) is 13.9. The summed E-state index contributed by atoms with van der Waals surface area (Å²) >= 11 is 1.51. The van der Waals surface area contributed by atoms with Gasteiger partial charge in [0.2, 0.25) is 0 Å². The zero-order chi connectivity index (χ0) is 12.1. The number of nitrogens with zero attached hydrogens (tertiary/aromatic N) is 1. The van der Waals surface area contributed by atoms with Crippen LogP contribution < -0.4 is 0 Å². The van der Waals surface area contributed by atoms with Gasteiger partial charge in [-0.1, -0.05) is 18.7 Å². The molecule has 4 atom stereocenters. The molecular weight excluding hydrogens is 230 g/mol. The van der Waals surface area contributed by atoms with E-state index in [9.17, 15) is 10.2 Å². The van der Waals surface area contributed by atoms with E-state index in [4.69, 9.17) is 9.84 Å². The maximum Gasteiger partial charge on any atom is 0.128 e. The zero-order valence-electron chi connectivity index (χ0n) is 9.54. The average Bonchev–Trinajstić information content (AvgIpc) is 2.72. The molecule has 0 bridgehead atoms. The number of hydrogen-bond donors (Lipinski definition) is 3. The Hall–Kier alpha value is -0.140. The van der Waals surface area contributed by atoms with E-state index in [1.807, 2.05) is 6.92 Å². The number of aliphatic imine (C=N–C) groups is 1. The van der Waals surface area contributed by atoms with Crippen LogP contribution in [-0.4, -0.2) is 57.3 Å². The van der Waals surface area contributed by atoms with Gasteiger partial charge in [0.1, 0.15) is 17.6 Å². The number of hydrogen-bond acceptors (Lipinski definition) is 6. The molecule has 0 amide bonds. The molecule has 0 aromatic heterocycles. The van der Waals surface area contributed by atoms with Crippen molar-refractivity contribution in [1.82, 2.24) is 0 Å². The molecule has 6 heteroatoms. The van der Waals surface area contributed by atoms with E-state index in [-0.39, 0.29) is 12.0 Å². The molecule has 0 spiro atoms. The van der Waals surface area contributed by atoms with Crippen LogP contribution in [0.4, 0.5) is 0 Å². The zero-order valence-corrected chi connectivity index (χ0v) is 10.4. The minimum atomic E-state index is -1.07. The van der Waals surface area contributed by atoms with Gasteiger partial charge in [-0.15, -0.1) is 0 Å². The van der Waals surface area contributed by atoms with Gasteiger partial charge in [-0.2, -0.15) is 0 Å². The van der Waals surface area contributed by atoms with E-state index < -0.39 is 18.3 Å². The molecule has 5 nitrogen and oxygen atoms in total.